The summed E-state index contributed by atoms with van der Waals surface area (Å²) in [5.41, 5.74) is 0. The van der Waals surface area contributed by atoms with Gasteiger partial charge in [-0.3, -0.25) is 9.59 Å². The Morgan fingerprint density at radius 1 is 1.45 bits per heavy atom. The highest BCUT2D eigenvalue weighted by molar-refractivity contribution is 7.09. The molecule has 1 fully saturated rings. The number of hydrogen-bond acceptors (Lipinski definition) is 4. The number of hydrogen-bond donors (Lipinski definition) is 0. The van der Waals surface area contributed by atoms with Gasteiger partial charge in [0, 0.05) is 20.0 Å². The Hall–Kier alpha value is -0.950. The first kappa shape index (κ1) is 17.1. The van der Waals surface area contributed by atoms with Crippen LogP contribution in [-0.4, -0.2) is 29.9 Å². The third-order valence-electron chi connectivity index (χ3n) is 3.17. The second-order valence-electron chi connectivity index (χ2n) is 4.71. The zero-order valence-electron chi connectivity index (χ0n) is 11.7. The van der Waals surface area contributed by atoms with E-state index in [4.69, 9.17) is 4.74 Å². The van der Waals surface area contributed by atoms with Crippen LogP contribution in [0.15, 0.2) is 11.6 Å². The fourth-order valence-electron chi connectivity index (χ4n) is 2.29. The van der Waals surface area contributed by atoms with Gasteiger partial charge in [0.15, 0.2) is 12.3 Å². The van der Waals surface area contributed by atoms with Crippen molar-refractivity contribution in [2.45, 2.75) is 39.3 Å². The SMILES string of the molecule is CC(=O)OC(C)c1scc[n+]1CC(=O)N1CCCC1.[Br-]. The molecule has 1 aromatic rings. The second-order valence-corrected chi connectivity index (χ2v) is 5.63. The number of carbonyl (C=O) groups is 2. The Morgan fingerprint density at radius 2 is 2.10 bits per heavy atom. The van der Waals surface area contributed by atoms with Gasteiger partial charge < -0.3 is 26.6 Å². The number of halogens is 1. The minimum absolute atomic E-state index is 0. The molecule has 7 heteroatoms. The van der Waals surface area contributed by atoms with E-state index in [0.717, 1.165) is 30.9 Å². The Labute approximate surface area is 133 Å². The van der Waals surface area contributed by atoms with Crippen LogP contribution in [0.1, 0.15) is 37.8 Å². The lowest BCUT2D eigenvalue weighted by molar-refractivity contribution is -0.690. The first-order valence-corrected chi connectivity index (χ1v) is 7.37. The van der Waals surface area contributed by atoms with Crippen molar-refractivity contribution in [2.24, 2.45) is 0 Å². The average Bonchev–Trinajstić information content (AvgIpc) is 2.98. The van der Waals surface area contributed by atoms with E-state index < -0.39 is 0 Å². The topological polar surface area (TPSA) is 50.5 Å². The predicted molar refractivity (Wildman–Crippen MR) is 70.5 cm³/mol. The molecule has 1 atom stereocenters. The number of rotatable bonds is 4. The van der Waals surface area contributed by atoms with E-state index in [0.29, 0.717) is 6.54 Å². The number of aromatic nitrogens is 1. The van der Waals surface area contributed by atoms with Crippen LogP contribution in [0.25, 0.3) is 0 Å². The molecule has 20 heavy (non-hydrogen) atoms. The Balaban J connectivity index is 0.00000200. The maximum Gasteiger partial charge on any atom is 0.303 e. The van der Waals surface area contributed by atoms with Crippen LogP contribution in [0, 0.1) is 0 Å². The summed E-state index contributed by atoms with van der Waals surface area (Å²) in [6, 6.07) is 0. The van der Waals surface area contributed by atoms with Crippen molar-refractivity contribution < 1.29 is 35.9 Å². The highest BCUT2D eigenvalue weighted by Crippen LogP contribution is 2.18. The molecule has 1 aliphatic rings. The summed E-state index contributed by atoms with van der Waals surface area (Å²) in [5, 5.41) is 2.80. The van der Waals surface area contributed by atoms with Gasteiger partial charge in [-0.25, -0.2) is 0 Å². The summed E-state index contributed by atoms with van der Waals surface area (Å²) >= 11 is 1.50. The van der Waals surface area contributed by atoms with Crippen molar-refractivity contribution in [1.29, 1.82) is 0 Å². The first-order chi connectivity index (χ1) is 9.08. The molecule has 0 bridgehead atoms. The second kappa shape index (κ2) is 7.73. The maximum absolute atomic E-state index is 12.1. The van der Waals surface area contributed by atoms with Gasteiger partial charge in [0.05, 0.1) is 5.38 Å². The van der Waals surface area contributed by atoms with Crippen molar-refractivity contribution in [3.63, 3.8) is 0 Å². The number of carbonyl (C=O) groups excluding carboxylic acids is 2. The normalized spacial score (nSPS) is 15.6. The number of amides is 1. The molecule has 1 amide bonds. The standard InChI is InChI=1S/C13H19N2O3S.BrH/c1-10(18-11(2)16)13-15(7-8-19-13)9-12(17)14-5-3-4-6-14;/h7-8,10H,3-6,9H2,1-2H3;1H/q+1;/p-1. The van der Waals surface area contributed by atoms with E-state index in [9.17, 15) is 9.59 Å². The van der Waals surface area contributed by atoms with Gasteiger partial charge >= 0.3 is 5.97 Å². The fourth-order valence-corrected chi connectivity index (χ4v) is 3.13. The molecule has 1 aromatic heterocycles. The van der Waals surface area contributed by atoms with Crippen LogP contribution in [-0.2, 0) is 20.9 Å². The zero-order chi connectivity index (χ0) is 13.8. The Kier molecular flexibility index (Phi) is 6.61. The summed E-state index contributed by atoms with van der Waals surface area (Å²) in [6.07, 6.45) is 3.74. The van der Waals surface area contributed by atoms with Crippen molar-refractivity contribution in [3.8, 4) is 0 Å². The molecule has 1 unspecified atom stereocenters. The third kappa shape index (κ3) is 4.28. The molecule has 2 rings (SSSR count). The Morgan fingerprint density at radius 3 is 2.70 bits per heavy atom. The number of nitrogens with zero attached hydrogens (tertiary/aromatic N) is 2. The third-order valence-corrected chi connectivity index (χ3v) is 4.23. The van der Waals surface area contributed by atoms with Gasteiger partial charge in [-0.2, -0.15) is 4.57 Å². The van der Waals surface area contributed by atoms with E-state index in [-0.39, 0.29) is 35.0 Å². The van der Waals surface area contributed by atoms with Crippen molar-refractivity contribution >= 4 is 23.2 Å². The fraction of sp³-hybridized carbons (Fsp3) is 0.615. The zero-order valence-corrected chi connectivity index (χ0v) is 14.1. The number of ether oxygens (including phenoxy) is 1. The molecule has 5 nitrogen and oxygen atoms in total. The smallest absolute Gasteiger partial charge is 0.303 e. The maximum atomic E-state index is 12.1. The summed E-state index contributed by atoms with van der Waals surface area (Å²) in [6.45, 7) is 5.26. The van der Waals surface area contributed by atoms with Crippen LogP contribution < -0.4 is 21.5 Å². The Bertz CT molecular complexity index is 472. The molecule has 0 radical (unpaired) electrons. The summed E-state index contributed by atoms with van der Waals surface area (Å²) in [5.74, 6) is -0.171. The van der Waals surface area contributed by atoms with Crippen LogP contribution in [0.4, 0.5) is 0 Å². The lowest BCUT2D eigenvalue weighted by Crippen LogP contribution is -3.00. The predicted octanol–water partition coefficient (Wildman–Crippen LogP) is -1.71. The van der Waals surface area contributed by atoms with E-state index in [1.807, 2.05) is 28.0 Å². The summed E-state index contributed by atoms with van der Waals surface area (Å²) < 4.78 is 7.04. The van der Waals surface area contributed by atoms with Gasteiger partial charge in [-0.05, 0) is 19.8 Å². The van der Waals surface area contributed by atoms with Gasteiger partial charge in [0.25, 0.3) is 10.9 Å². The highest BCUT2D eigenvalue weighted by atomic mass is 79.9. The molecule has 0 aliphatic carbocycles. The summed E-state index contributed by atoms with van der Waals surface area (Å²) in [7, 11) is 0. The molecule has 0 spiro atoms. The lowest BCUT2D eigenvalue weighted by atomic mass is 10.4. The number of likely N-dealkylation sites (tertiary alicyclic amines) is 1. The molecule has 0 N–H and O–H groups in total. The van der Waals surface area contributed by atoms with Crippen LogP contribution in [0.2, 0.25) is 0 Å². The molecule has 0 aromatic carbocycles. The molecular weight excluding hydrogens is 344 g/mol. The van der Waals surface area contributed by atoms with Crippen LogP contribution in [0.3, 0.4) is 0 Å². The molecule has 0 saturated carbocycles. The largest absolute Gasteiger partial charge is 1.00 e. The molecule has 2 heterocycles. The number of esters is 1. The van der Waals surface area contributed by atoms with Gasteiger partial charge in [-0.15, -0.1) is 0 Å². The lowest BCUT2D eigenvalue weighted by Gasteiger charge is -2.13. The molecule has 112 valence electrons. The van der Waals surface area contributed by atoms with E-state index in [1.165, 1.54) is 18.3 Å². The van der Waals surface area contributed by atoms with Crippen molar-refractivity contribution in [3.05, 3.63) is 16.6 Å². The number of thiazole rings is 1. The highest BCUT2D eigenvalue weighted by Gasteiger charge is 2.27. The average molecular weight is 363 g/mol. The van der Waals surface area contributed by atoms with Gasteiger partial charge in [0.1, 0.15) is 0 Å². The minimum atomic E-state index is -0.316. The van der Waals surface area contributed by atoms with E-state index in [2.05, 4.69) is 0 Å². The van der Waals surface area contributed by atoms with E-state index >= 15 is 0 Å². The monoisotopic (exact) mass is 362 g/mol. The van der Waals surface area contributed by atoms with Gasteiger partial charge in [0.2, 0.25) is 6.54 Å². The van der Waals surface area contributed by atoms with Crippen LogP contribution in [0.5, 0.6) is 0 Å². The molecule has 1 saturated heterocycles. The van der Waals surface area contributed by atoms with E-state index in [1.54, 1.807) is 0 Å². The molecule has 1 aliphatic heterocycles. The summed E-state index contributed by atoms with van der Waals surface area (Å²) in [4.78, 5) is 25.0. The quantitative estimate of drug-likeness (QED) is 0.473. The van der Waals surface area contributed by atoms with Crippen molar-refractivity contribution in [1.82, 2.24) is 4.90 Å². The van der Waals surface area contributed by atoms with Gasteiger partial charge in [-0.1, -0.05) is 11.3 Å². The first-order valence-electron chi connectivity index (χ1n) is 6.49. The van der Waals surface area contributed by atoms with Crippen LogP contribution >= 0.6 is 11.3 Å². The molecular formula is C13H19BrN2O3S. The minimum Gasteiger partial charge on any atom is -1.00 e. The van der Waals surface area contributed by atoms with Crippen molar-refractivity contribution in [2.75, 3.05) is 13.1 Å².